The first-order chi connectivity index (χ1) is 26.8. The maximum absolute atomic E-state index is 6.24. The number of hydrogen-bond acceptors (Lipinski definition) is 2. The molecule has 1 aromatic heterocycles. The fourth-order valence-electron chi connectivity index (χ4n) is 8.48. The topological polar surface area (TPSA) is 16.4 Å². The van der Waals surface area contributed by atoms with Crippen LogP contribution in [0.2, 0.25) is 0 Å². The van der Waals surface area contributed by atoms with Crippen LogP contribution in [0.3, 0.4) is 0 Å². The van der Waals surface area contributed by atoms with Gasteiger partial charge in [-0.3, -0.25) is 0 Å². The molecule has 0 fully saturated rings. The van der Waals surface area contributed by atoms with Gasteiger partial charge in [0.05, 0.1) is 0 Å². The minimum Gasteiger partial charge on any atom is -0.456 e. The van der Waals surface area contributed by atoms with Gasteiger partial charge in [-0.1, -0.05) is 152 Å². The molecule has 0 aliphatic carbocycles. The van der Waals surface area contributed by atoms with Crippen molar-refractivity contribution < 1.29 is 4.42 Å². The molecule has 0 saturated carbocycles. The molecule has 2 nitrogen and oxygen atoms in total. The van der Waals surface area contributed by atoms with Crippen LogP contribution in [0.5, 0.6) is 0 Å². The summed E-state index contributed by atoms with van der Waals surface area (Å²) in [5.41, 5.74) is 9.79. The van der Waals surface area contributed by atoms with Gasteiger partial charge >= 0.3 is 0 Å². The third-order valence-electron chi connectivity index (χ3n) is 11.0. The molecule has 54 heavy (non-hydrogen) atoms. The predicted octanol–water partition coefficient (Wildman–Crippen LogP) is 15.0. The number of hydrogen-bond donors (Lipinski definition) is 0. The largest absolute Gasteiger partial charge is 0.456 e. The Kier molecular flexibility index (Phi) is 6.90. The molecule has 0 amide bonds. The maximum atomic E-state index is 6.24. The fourth-order valence-corrected chi connectivity index (χ4v) is 8.48. The molecule has 1 heterocycles. The van der Waals surface area contributed by atoms with Crippen LogP contribution in [0.1, 0.15) is 0 Å². The molecule has 0 N–H and O–H groups in total. The van der Waals surface area contributed by atoms with E-state index >= 15 is 0 Å². The van der Waals surface area contributed by atoms with Crippen molar-refractivity contribution in [2.75, 3.05) is 4.90 Å². The van der Waals surface area contributed by atoms with E-state index in [0.29, 0.717) is 0 Å². The van der Waals surface area contributed by atoms with E-state index in [2.05, 4.69) is 193 Å². The van der Waals surface area contributed by atoms with E-state index in [4.69, 9.17) is 4.42 Å². The summed E-state index contributed by atoms with van der Waals surface area (Å²) < 4.78 is 6.24. The highest BCUT2D eigenvalue weighted by Gasteiger charge is 2.18. The summed E-state index contributed by atoms with van der Waals surface area (Å²) in [5.74, 6) is 0. The van der Waals surface area contributed by atoms with Crippen LogP contribution in [-0.4, -0.2) is 0 Å². The average Bonchev–Trinajstić information content (AvgIpc) is 3.62. The Morgan fingerprint density at radius 1 is 0.296 bits per heavy atom. The Morgan fingerprint density at radius 3 is 1.74 bits per heavy atom. The summed E-state index contributed by atoms with van der Waals surface area (Å²) in [6, 6.07) is 72.4. The quantitative estimate of drug-likeness (QED) is 0.168. The number of anilines is 3. The Bertz CT molecular complexity index is 3210. The lowest BCUT2D eigenvalue weighted by atomic mass is 9.90. The minimum atomic E-state index is 0.886. The van der Waals surface area contributed by atoms with Gasteiger partial charge in [0.2, 0.25) is 0 Å². The number of nitrogens with zero attached hydrogens (tertiary/aromatic N) is 1. The number of furan rings is 1. The van der Waals surface area contributed by atoms with E-state index in [1.807, 2.05) is 12.1 Å². The van der Waals surface area contributed by atoms with Crippen LogP contribution < -0.4 is 4.90 Å². The second-order valence-corrected chi connectivity index (χ2v) is 14.1. The monoisotopic (exact) mass is 687 g/mol. The van der Waals surface area contributed by atoms with Crippen molar-refractivity contribution in [2.24, 2.45) is 0 Å². The predicted molar refractivity (Wildman–Crippen MR) is 229 cm³/mol. The van der Waals surface area contributed by atoms with E-state index < -0.39 is 0 Å². The average molecular weight is 688 g/mol. The summed E-state index contributed by atoms with van der Waals surface area (Å²) in [4.78, 5) is 2.36. The zero-order valence-corrected chi connectivity index (χ0v) is 29.4. The summed E-state index contributed by atoms with van der Waals surface area (Å²) in [7, 11) is 0. The minimum absolute atomic E-state index is 0.886. The van der Waals surface area contributed by atoms with Crippen molar-refractivity contribution in [3.05, 3.63) is 200 Å². The van der Waals surface area contributed by atoms with E-state index in [1.54, 1.807) is 0 Å². The van der Waals surface area contributed by atoms with Gasteiger partial charge in [-0.25, -0.2) is 0 Å². The van der Waals surface area contributed by atoms with Crippen molar-refractivity contribution in [3.63, 3.8) is 0 Å². The molecule has 11 rings (SSSR count). The highest BCUT2D eigenvalue weighted by molar-refractivity contribution is 6.28. The second kappa shape index (κ2) is 12.2. The highest BCUT2D eigenvalue weighted by atomic mass is 16.3. The Morgan fingerprint density at radius 2 is 0.889 bits per heavy atom. The van der Waals surface area contributed by atoms with Crippen molar-refractivity contribution >= 4 is 82.1 Å². The van der Waals surface area contributed by atoms with Crippen LogP contribution >= 0.6 is 0 Å². The van der Waals surface area contributed by atoms with E-state index in [0.717, 1.165) is 39.0 Å². The summed E-state index contributed by atoms with van der Waals surface area (Å²) >= 11 is 0. The molecule has 11 aromatic rings. The Labute approximate surface area is 312 Å². The zero-order chi connectivity index (χ0) is 35.6. The first-order valence-electron chi connectivity index (χ1n) is 18.5. The summed E-state index contributed by atoms with van der Waals surface area (Å²) in [6.45, 7) is 0. The molecule has 0 spiro atoms. The fraction of sp³-hybridized carbons (Fsp3) is 0. The van der Waals surface area contributed by atoms with Gasteiger partial charge in [-0.05, 0) is 114 Å². The molecule has 0 unspecified atom stereocenters. The molecule has 0 bridgehead atoms. The van der Waals surface area contributed by atoms with Gasteiger partial charge in [-0.15, -0.1) is 0 Å². The first kappa shape index (κ1) is 30.5. The number of fused-ring (bicyclic) bond motifs is 10. The van der Waals surface area contributed by atoms with Crippen molar-refractivity contribution in [1.29, 1.82) is 0 Å². The van der Waals surface area contributed by atoms with E-state index in [9.17, 15) is 0 Å². The number of para-hydroxylation sites is 1. The maximum Gasteiger partial charge on any atom is 0.135 e. The molecule has 0 aliphatic heterocycles. The first-order valence-corrected chi connectivity index (χ1v) is 18.5. The standard InChI is InChI=1S/C52H33NO/c1-2-10-34(11-3-1)35-24-27-40(28-25-35)53(42-29-31-50-48(33-42)46-16-6-7-19-49(46)54-50)41-14-8-13-39(32-41)43-17-9-18-47-45(43)30-26-38-23-22-37-21-20-36-12-4-5-15-44(36)51(37)52(38)47/h1-33H. The molecule has 2 heteroatoms. The molecule has 252 valence electrons. The molecule has 0 radical (unpaired) electrons. The van der Waals surface area contributed by atoms with Crippen LogP contribution in [0.4, 0.5) is 17.1 Å². The SMILES string of the molecule is c1ccc(-c2ccc(N(c3cccc(-c4cccc5c4ccc4ccc6ccc7ccccc7c6c45)c3)c3ccc4oc5ccccc5c4c3)cc2)cc1. The normalized spacial score (nSPS) is 11.7. The van der Waals surface area contributed by atoms with E-state index in [1.165, 1.54) is 65.3 Å². The molecule has 0 saturated heterocycles. The van der Waals surface area contributed by atoms with Crippen LogP contribution in [0.15, 0.2) is 205 Å². The zero-order valence-electron chi connectivity index (χ0n) is 29.4. The molecular formula is C52H33NO. The molecule has 0 aliphatic rings. The van der Waals surface area contributed by atoms with Gasteiger partial charge in [0, 0.05) is 27.8 Å². The number of benzene rings is 10. The lowest BCUT2D eigenvalue weighted by molar-refractivity contribution is 0.669. The molecule has 0 atom stereocenters. The molecule has 10 aromatic carbocycles. The lowest BCUT2D eigenvalue weighted by Gasteiger charge is -2.26. The van der Waals surface area contributed by atoms with Crippen molar-refractivity contribution in [1.82, 2.24) is 0 Å². The van der Waals surface area contributed by atoms with Crippen molar-refractivity contribution in [3.8, 4) is 22.3 Å². The Balaban J connectivity index is 1.10. The van der Waals surface area contributed by atoms with Gasteiger partial charge in [0.1, 0.15) is 11.2 Å². The molecular weight excluding hydrogens is 655 g/mol. The van der Waals surface area contributed by atoms with Gasteiger partial charge in [0.25, 0.3) is 0 Å². The van der Waals surface area contributed by atoms with Gasteiger partial charge < -0.3 is 9.32 Å². The lowest BCUT2D eigenvalue weighted by Crippen LogP contribution is -2.10. The summed E-state index contributed by atoms with van der Waals surface area (Å²) in [6.07, 6.45) is 0. The van der Waals surface area contributed by atoms with Crippen LogP contribution in [0, 0.1) is 0 Å². The number of rotatable bonds is 5. The van der Waals surface area contributed by atoms with Gasteiger partial charge in [0.15, 0.2) is 0 Å². The van der Waals surface area contributed by atoms with E-state index in [-0.39, 0.29) is 0 Å². The van der Waals surface area contributed by atoms with Crippen LogP contribution in [-0.2, 0) is 0 Å². The van der Waals surface area contributed by atoms with Gasteiger partial charge in [-0.2, -0.15) is 0 Å². The van der Waals surface area contributed by atoms with Crippen LogP contribution in [0.25, 0.3) is 87.3 Å². The smallest absolute Gasteiger partial charge is 0.135 e. The third-order valence-corrected chi connectivity index (χ3v) is 11.0. The third kappa shape index (κ3) is 4.88. The Hall–Kier alpha value is -7.16. The summed E-state index contributed by atoms with van der Waals surface area (Å²) in [5, 5.41) is 12.4. The second-order valence-electron chi connectivity index (χ2n) is 14.1. The van der Waals surface area contributed by atoms with Crippen molar-refractivity contribution in [2.45, 2.75) is 0 Å². The highest BCUT2D eigenvalue weighted by Crippen LogP contribution is 2.43.